The number of hydrogen-bond donors (Lipinski definition) is 0. The highest BCUT2D eigenvalue weighted by atomic mass is 19.2. The fraction of sp³-hybridized carbons (Fsp3) is 0.0833. The molecule has 0 fully saturated rings. The quantitative estimate of drug-likeness (QED) is 0.393. The molecule has 0 aliphatic carbocycles. The van der Waals surface area contributed by atoms with Crippen LogP contribution in [0.15, 0.2) is 79.4 Å². The molecule has 0 N–H and O–H groups in total. The van der Waals surface area contributed by atoms with Crippen LogP contribution >= 0.6 is 0 Å². The summed E-state index contributed by atoms with van der Waals surface area (Å²) >= 11 is 0. The Bertz CT molecular complexity index is 956. The van der Waals surface area contributed by atoms with Crippen molar-refractivity contribution in [2.75, 3.05) is 0 Å². The van der Waals surface area contributed by atoms with Gasteiger partial charge in [0, 0.05) is 11.1 Å². The minimum Gasteiger partial charge on any atom is -0.204 e. The van der Waals surface area contributed by atoms with E-state index in [1.54, 1.807) is 6.07 Å². The predicted molar refractivity (Wildman–Crippen MR) is 103 cm³/mol. The Morgan fingerprint density at radius 2 is 1.31 bits per heavy atom. The maximum atomic E-state index is 13.3. The molecule has 0 saturated carbocycles. The van der Waals surface area contributed by atoms with Gasteiger partial charge < -0.3 is 0 Å². The average molecular weight is 344 g/mol. The molecule has 3 rings (SSSR count). The van der Waals surface area contributed by atoms with Crippen molar-refractivity contribution in [3.8, 4) is 23.0 Å². The lowest BCUT2D eigenvalue weighted by Gasteiger charge is -2.02. The van der Waals surface area contributed by atoms with Gasteiger partial charge in [-0.25, -0.2) is 8.78 Å². The summed E-state index contributed by atoms with van der Waals surface area (Å²) in [4.78, 5) is 0. The van der Waals surface area contributed by atoms with Gasteiger partial charge in [-0.05, 0) is 65.9 Å². The molecule has 26 heavy (non-hydrogen) atoms. The molecule has 128 valence electrons. The van der Waals surface area contributed by atoms with Crippen molar-refractivity contribution in [1.29, 1.82) is 0 Å². The lowest BCUT2D eigenvalue weighted by molar-refractivity contribution is 0.509. The third kappa shape index (κ3) is 4.46. The Labute approximate surface area is 152 Å². The average Bonchev–Trinajstić information content (AvgIpc) is 2.68. The summed E-state index contributed by atoms with van der Waals surface area (Å²) in [6.07, 6.45) is 3.87. The Morgan fingerprint density at radius 1 is 0.731 bits per heavy atom. The van der Waals surface area contributed by atoms with Gasteiger partial charge in [0.1, 0.15) is 0 Å². The second-order valence-corrected chi connectivity index (χ2v) is 5.98. The number of aryl methyl sites for hydroxylation is 1. The van der Waals surface area contributed by atoms with Gasteiger partial charge in [-0.3, -0.25) is 0 Å². The number of halogens is 2. The normalized spacial score (nSPS) is 10.1. The van der Waals surface area contributed by atoms with Gasteiger partial charge in [0.25, 0.3) is 0 Å². The summed E-state index contributed by atoms with van der Waals surface area (Å²) in [5.74, 6) is 4.58. The highest BCUT2D eigenvalue weighted by molar-refractivity contribution is 5.64. The molecule has 0 nitrogen and oxygen atoms in total. The standard InChI is InChI=1S/C24H18F2/c1-2-3-4-18-5-7-19(8-6-18)9-10-20-11-13-21(14-12-20)22-15-16-23(25)24(26)17-22/h2,5-8,11-17H,1,3-4H2. The summed E-state index contributed by atoms with van der Waals surface area (Å²) in [5.41, 5.74) is 4.55. The third-order valence-electron chi connectivity index (χ3n) is 4.08. The minimum atomic E-state index is -0.845. The number of hydrogen-bond acceptors (Lipinski definition) is 0. The molecule has 0 heterocycles. The Balaban J connectivity index is 1.72. The van der Waals surface area contributed by atoms with E-state index >= 15 is 0 Å². The van der Waals surface area contributed by atoms with E-state index in [2.05, 4.69) is 30.6 Å². The van der Waals surface area contributed by atoms with Crippen LogP contribution in [0, 0.1) is 23.5 Å². The molecule has 2 heteroatoms. The summed E-state index contributed by atoms with van der Waals surface area (Å²) in [6.45, 7) is 3.73. The van der Waals surface area contributed by atoms with Gasteiger partial charge in [0.15, 0.2) is 11.6 Å². The summed E-state index contributed by atoms with van der Waals surface area (Å²) < 4.78 is 26.4. The first-order valence-corrected chi connectivity index (χ1v) is 8.43. The van der Waals surface area contributed by atoms with Crippen molar-refractivity contribution in [3.63, 3.8) is 0 Å². The molecular weight excluding hydrogens is 326 g/mol. The van der Waals surface area contributed by atoms with Gasteiger partial charge in [-0.1, -0.05) is 48.2 Å². The van der Waals surface area contributed by atoms with Crippen molar-refractivity contribution in [2.45, 2.75) is 12.8 Å². The topological polar surface area (TPSA) is 0 Å². The van der Waals surface area contributed by atoms with Crippen LogP contribution in [0.1, 0.15) is 23.1 Å². The summed E-state index contributed by atoms with van der Waals surface area (Å²) in [6, 6.07) is 19.6. The molecule has 0 aliphatic heterocycles. The van der Waals surface area contributed by atoms with Crippen molar-refractivity contribution in [3.05, 3.63) is 108 Å². The Hall–Kier alpha value is -3.18. The highest BCUT2D eigenvalue weighted by Gasteiger charge is 2.04. The highest BCUT2D eigenvalue weighted by Crippen LogP contribution is 2.21. The van der Waals surface area contributed by atoms with E-state index < -0.39 is 11.6 Å². The first kappa shape index (κ1) is 17.6. The molecule has 3 aromatic carbocycles. The van der Waals surface area contributed by atoms with Crippen LogP contribution < -0.4 is 0 Å². The molecule has 3 aromatic rings. The Kier molecular flexibility index (Phi) is 5.61. The van der Waals surface area contributed by atoms with Crippen molar-refractivity contribution < 1.29 is 8.78 Å². The van der Waals surface area contributed by atoms with Crippen LogP contribution in [-0.2, 0) is 6.42 Å². The van der Waals surface area contributed by atoms with Crippen LogP contribution in [0.25, 0.3) is 11.1 Å². The first-order chi connectivity index (χ1) is 12.7. The maximum Gasteiger partial charge on any atom is 0.159 e. The molecule has 0 radical (unpaired) electrons. The van der Waals surface area contributed by atoms with Gasteiger partial charge in [-0.2, -0.15) is 0 Å². The minimum absolute atomic E-state index is 0.638. The lowest BCUT2D eigenvalue weighted by atomic mass is 10.0. The maximum absolute atomic E-state index is 13.3. The van der Waals surface area contributed by atoms with E-state index in [1.807, 2.05) is 42.5 Å². The molecule has 0 bridgehead atoms. The summed E-state index contributed by atoms with van der Waals surface area (Å²) in [5, 5.41) is 0. The van der Waals surface area contributed by atoms with Gasteiger partial charge in [-0.15, -0.1) is 6.58 Å². The van der Waals surface area contributed by atoms with E-state index in [4.69, 9.17) is 0 Å². The molecule has 0 unspecified atom stereocenters. The number of rotatable bonds is 4. The van der Waals surface area contributed by atoms with Gasteiger partial charge in [0.05, 0.1) is 0 Å². The zero-order chi connectivity index (χ0) is 18.4. The largest absolute Gasteiger partial charge is 0.204 e. The zero-order valence-corrected chi connectivity index (χ0v) is 14.3. The monoisotopic (exact) mass is 344 g/mol. The van der Waals surface area contributed by atoms with Crippen LogP contribution in [-0.4, -0.2) is 0 Å². The molecule has 0 aromatic heterocycles. The zero-order valence-electron chi connectivity index (χ0n) is 14.3. The van der Waals surface area contributed by atoms with Crippen LogP contribution in [0.4, 0.5) is 8.78 Å². The van der Waals surface area contributed by atoms with Crippen LogP contribution in [0.5, 0.6) is 0 Å². The van der Waals surface area contributed by atoms with Crippen molar-refractivity contribution in [2.24, 2.45) is 0 Å². The second kappa shape index (κ2) is 8.27. The van der Waals surface area contributed by atoms with Crippen LogP contribution in [0.2, 0.25) is 0 Å². The molecule has 0 aliphatic rings. The molecule has 0 saturated heterocycles. The van der Waals surface area contributed by atoms with E-state index in [-0.39, 0.29) is 0 Å². The predicted octanol–water partition coefficient (Wildman–Crippen LogP) is 6.15. The van der Waals surface area contributed by atoms with E-state index in [9.17, 15) is 8.78 Å². The number of benzene rings is 3. The molecule has 0 amide bonds. The fourth-order valence-electron chi connectivity index (χ4n) is 2.59. The van der Waals surface area contributed by atoms with E-state index in [0.717, 1.165) is 35.6 Å². The van der Waals surface area contributed by atoms with Crippen LogP contribution in [0.3, 0.4) is 0 Å². The van der Waals surface area contributed by atoms with Gasteiger partial charge in [0.2, 0.25) is 0 Å². The van der Waals surface area contributed by atoms with E-state index in [0.29, 0.717) is 5.56 Å². The second-order valence-electron chi connectivity index (χ2n) is 5.98. The SMILES string of the molecule is C=CCCc1ccc(C#Cc2ccc(-c3ccc(F)c(F)c3)cc2)cc1. The lowest BCUT2D eigenvalue weighted by Crippen LogP contribution is -1.86. The molecule has 0 atom stereocenters. The van der Waals surface area contributed by atoms with Crippen molar-refractivity contribution >= 4 is 0 Å². The van der Waals surface area contributed by atoms with Gasteiger partial charge >= 0.3 is 0 Å². The smallest absolute Gasteiger partial charge is 0.159 e. The summed E-state index contributed by atoms with van der Waals surface area (Å²) in [7, 11) is 0. The fourth-order valence-corrected chi connectivity index (χ4v) is 2.59. The number of allylic oxidation sites excluding steroid dienone is 1. The molecular formula is C24H18F2. The molecule has 0 spiro atoms. The van der Waals surface area contributed by atoms with E-state index in [1.165, 1.54) is 11.6 Å². The van der Waals surface area contributed by atoms with Crippen molar-refractivity contribution in [1.82, 2.24) is 0 Å². The Morgan fingerprint density at radius 3 is 1.88 bits per heavy atom. The third-order valence-corrected chi connectivity index (χ3v) is 4.08. The first-order valence-electron chi connectivity index (χ1n) is 8.43.